The van der Waals surface area contributed by atoms with Gasteiger partial charge in [-0.25, -0.2) is 0 Å². The number of thioether (sulfide) groups is 1. The lowest BCUT2D eigenvalue weighted by Gasteiger charge is -2.24. The van der Waals surface area contributed by atoms with Crippen molar-refractivity contribution in [3.63, 3.8) is 0 Å². The Morgan fingerprint density at radius 2 is 2.25 bits per heavy atom. The van der Waals surface area contributed by atoms with Crippen molar-refractivity contribution in [1.29, 1.82) is 0 Å². The van der Waals surface area contributed by atoms with E-state index >= 15 is 0 Å². The van der Waals surface area contributed by atoms with Crippen molar-refractivity contribution in [2.45, 2.75) is 35.8 Å². The van der Waals surface area contributed by atoms with Crippen LogP contribution in [0, 0.1) is 5.92 Å². The number of piperidine rings is 1. The van der Waals surface area contributed by atoms with E-state index in [1.165, 1.54) is 43.7 Å². The first-order valence-electron chi connectivity index (χ1n) is 6.37. The molecule has 0 saturated carbocycles. The molecule has 2 unspecified atom stereocenters. The van der Waals surface area contributed by atoms with E-state index in [4.69, 9.17) is 0 Å². The first kappa shape index (κ1) is 10.7. The molecule has 1 saturated heterocycles. The molecule has 1 nitrogen and oxygen atoms in total. The summed E-state index contributed by atoms with van der Waals surface area (Å²) in [4.78, 5) is 1.52. The van der Waals surface area contributed by atoms with E-state index < -0.39 is 0 Å². The molecule has 2 aliphatic heterocycles. The van der Waals surface area contributed by atoms with Gasteiger partial charge in [-0.15, -0.1) is 11.8 Å². The summed E-state index contributed by atoms with van der Waals surface area (Å²) in [5, 5.41) is 4.36. The van der Waals surface area contributed by atoms with Gasteiger partial charge in [0.2, 0.25) is 0 Å². The average Bonchev–Trinajstić information content (AvgIpc) is 2.72. The molecule has 0 aliphatic carbocycles. The molecule has 1 aromatic carbocycles. The average molecular weight is 233 g/mol. The normalized spacial score (nSPS) is 29.0. The van der Waals surface area contributed by atoms with Gasteiger partial charge < -0.3 is 5.32 Å². The second-order valence-electron chi connectivity index (χ2n) is 5.00. The minimum Gasteiger partial charge on any atom is -0.316 e. The molecule has 0 amide bonds. The van der Waals surface area contributed by atoms with Crippen molar-refractivity contribution >= 4 is 11.8 Å². The maximum atomic E-state index is 3.52. The smallest absolute Gasteiger partial charge is 0.0138 e. The third-order valence-corrected chi connectivity index (χ3v) is 5.05. The Hall–Kier alpha value is -0.470. The Morgan fingerprint density at radius 1 is 1.31 bits per heavy atom. The largest absolute Gasteiger partial charge is 0.316 e. The Kier molecular flexibility index (Phi) is 3.20. The van der Waals surface area contributed by atoms with Crippen LogP contribution in [0.15, 0.2) is 29.2 Å². The second-order valence-corrected chi connectivity index (χ2v) is 6.34. The number of benzene rings is 1. The van der Waals surface area contributed by atoms with E-state index in [1.54, 1.807) is 5.56 Å². The van der Waals surface area contributed by atoms with Gasteiger partial charge in [-0.3, -0.25) is 0 Å². The van der Waals surface area contributed by atoms with Crippen LogP contribution < -0.4 is 5.32 Å². The molecule has 0 spiro atoms. The molecule has 1 aromatic rings. The van der Waals surface area contributed by atoms with Gasteiger partial charge in [0.25, 0.3) is 0 Å². The maximum absolute atomic E-state index is 3.52. The van der Waals surface area contributed by atoms with E-state index in [0.717, 1.165) is 11.2 Å². The minimum absolute atomic E-state index is 0.835. The number of nitrogens with one attached hydrogen (secondary N) is 1. The topological polar surface area (TPSA) is 12.0 Å². The van der Waals surface area contributed by atoms with Crippen molar-refractivity contribution < 1.29 is 0 Å². The van der Waals surface area contributed by atoms with Gasteiger partial charge >= 0.3 is 0 Å². The number of hydrogen-bond acceptors (Lipinski definition) is 2. The van der Waals surface area contributed by atoms with Gasteiger partial charge in [-0.05, 0) is 56.3 Å². The van der Waals surface area contributed by atoms with Gasteiger partial charge in [0.1, 0.15) is 0 Å². The highest BCUT2D eigenvalue weighted by Crippen LogP contribution is 2.40. The Bertz CT molecular complexity index is 333. The summed E-state index contributed by atoms with van der Waals surface area (Å²) in [5.74, 6) is 0.917. The van der Waals surface area contributed by atoms with Crippen LogP contribution >= 0.6 is 11.8 Å². The highest BCUT2D eigenvalue weighted by Gasteiger charge is 2.25. The van der Waals surface area contributed by atoms with Crippen LogP contribution in [0.4, 0.5) is 0 Å². The molecule has 2 aliphatic rings. The summed E-state index contributed by atoms with van der Waals surface area (Å²) in [5.41, 5.74) is 1.57. The lowest BCUT2D eigenvalue weighted by Crippen LogP contribution is -2.31. The van der Waals surface area contributed by atoms with E-state index in [-0.39, 0.29) is 0 Å². The zero-order valence-corrected chi connectivity index (χ0v) is 10.4. The van der Waals surface area contributed by atoms with Gasteiger partial charge in [0.05, 0.1) is 0 Å². The fraction of sp³-hybridized carbons (Fsp3) is 0.571. The van der Waals surface area contributed by atoms with Crippen molar-refractivity contribution in [2.75, 3.05) is 13.1 Å². The van der Waals surface area contributed by atoms with Crippen LogP contribution in [-0.4, -0.2) is 18.3 Å². The quantitative estimate of drug-likeness (QED) is 0.842. The molecule has 0 aromatic heterocycles. The first-order valence-corrected chi connectivity index (χ1v) is 7.25. The first-order chi connectivity index (χ1) is 7.92. The fourth-order valence-corrected chi connectivity index (χ4v) is 4.33. The SMILES string of the molecule is c1ccc2c(c1)CC(CC1CCCNC1)S2. The van der Waals surface area contributed by atoms with Gasteiger partial charge in [-0.1, -0.05) is 18.2 Å². The van der Waals surface area contributed by atoms with E-state index in [1.807, 2.05) is 0 Å². The van der Waals surface area contributed by atoms with Crippen molar-refractivity contribution in [1.82, 2.24) is 5.32 Å². The zero-order chi connectivity index (χ0) is 10.8. The standard InChI is InChI=1S/C14H19NS/c1-2-6-14-12(5-1)9-13(16-14)8-11-4-3-7-15-10-11/h1-2,5-6,11,13,15H,3-4,7-10H2. The van der Waals surface area contributed by atoms with Crippen LogP contribution in [0.25, 0.3) is 0 Å². The lowest BCUT2D eigenvalue weighted by atomic mass is 9.93. The van der Waals surface area contributed by atoms with Gasteiger partial charge in [0, 0.05) is 10.1 Å². The molecule has 0 radical (unpaired) electrons. The van der Waals surface area contributed by atoms with Gasteiger partial charge in [0.15, 0.2) is 0 Å². The lowest BCUT2D eigenvalue weighted by molar-refractivity contribution is 0.355. The molecule has 2 heterocycles. The maximum Gasteiger partial charge on any atom is 0.0138 e. The summed E-state index contributed by atoms with van der Waals surface area (Å²) in [6.07, 6.45) is 5.49. The van der Waals surface area contributed by atoms with Crippen molar-refractivity contribution in [3.8, 4) is 0 Å². The number of hydrogen-bond donors (Lipinski definition) is 1. The van der Waals surface area contributed by atoms with Gasteiger partial charge in [-0.2, -0.15) is 0 Å². The van der Waals surface area contributed by atoms with Crippen LogP contribution in [0.1, 0.15) is 24.8 Å². The zero-order valence-electron chi connectivity index (χ0n) is 9.61. The number of fused-ring (bicyclic) bond motifs is 1. The summed E-state index contributed by atoms with van der Waals surface area (Å²) in [7, 11) is 0. The monoisotopic (exact) mass is 233 g/mol. The Labute approximate surface area is 102 Å². The summed E-state index contributed by atoms with van der Waals surface area (Å²) in [6, 6.07) is 8.90. The predicted octanol–water partition coefficient (Wildman–Crippen LogP) is 3.09. The van der Waals surface area contributed by atoms with Crippen LogP contribution in [0.3, 0.4) is 0 Å². The highest BCUT2D eigenvalue weighted by atomic mass is 32.2. The molecule has 86 valence electrons. The summed E-state index contributed by atoms with van der Waals surface area (Å²) in [6.45, 7) is 2.47. The molecule has 2 atom stereocenters. The third kappa shape index (κ3) is 2.28. The molecule has 1 N–H and O–H groups in total. The Balaban J connectivity index is 1.59. The molecular weight excluding hydrogens is 214 g/mol. The molecule has 1 fully saturated rings. The molecule has 0 bridgehead atoms. The Morgan fingerprint density at radius 3 is 3.06 bits per heavy atom. The fourth-order valence-electron chi connectivity index (χ4n) is 2.88. The van der Waals surface area contributed by atoms with Crippen molar-refractivity contribution in [3.05, 3.63) is 29.8 Å². The minimum atomic E-state index is 0.835. The van der Waals surface area contributed by atoms with E-state index in [2.05, 4.69) is 41.3 Å². The molecule has 2 heteroatoms. The summed E-state index contributed by atoms with van der Waals surface area (Å²) >= 11 is 2.10. The molecule has 16 heavy (non-hydrogen) atoms. The van der Waals surface area contributed by atoms with Crippen LogP contribution in [0.5, 0.6) is 0 Å². The van der Waals surface area contributed by atoms with Crippen LogP contribution in [-0.2, 0) is 6.42 Å². The predicted molar refractivity (Wildman–Crippen MR) is 70.0 cm³/mol. The van der Waals surface area contributed by atoms with E-state index in [9.17, 15) is 0 Å². The van der Waals surface area contributed by atoms with Crippen LogP contribution in [0.2, 0.25) is 0 Å². The third-order valence-electron chi connectivity index (χ3n) is 3.71. The second kappa shape index (κ2) is 4.80. The van der Waals surface area contributed by atoms with E-state index in [0.29, 0.717) is 0 Å². The molecule has 3 rings (SSSR count). The highest BCUT2D eigenvalue weighted by molar-refractivity contribution is 8.00. The number of rotatable bonds is 2. The summed E-state index contributed by atoms with van der Waals surface area (Å²) < 4.78 is 0. The van der Waals surface area contributed by atoms with Crippen molar-refractivity contribution in [2.24, 2.45) is 5.92 Å². The molecular formula is C14H19NS.